The highest BCUT2D eigenvalue weighted by molar-refractivity contribution is 9.11. The standard InChI is InChI=1S/C9H10BrN3S/c1-13-3-7(12-5-13)9(11)6-2-8(10)14-4-6/h2-5,9H,11H2,1H3. The Bertz CT molecular complexity index is 394. The molecule has 74 valence electrons. The molecular weight excluding hydrogens is 262 g/mol. The largest absolute Gasteiger partial charge is 0.340 e. The van der Waals surface area contributed by atoms with Gasteiger partial charge >= 0.3 is 0 Å². The van der Waals surface area contributed by atoms with Crippen molar-refractivity contribution in [2.45, 2.75) is 6.04 Å². The van der Waals surface area contributed by atoms with Crippen molar-refractivity contribution in [3.05, 3.63) is 39.0 Å². The fourth-order valence-corrected chi connectivity index (χ4v) is 2.46. The molecule has 0 aliphatic rings. The molecule has 0 amide bonds. The highest BCUT2D eigenvalue weighted by Crippen LogP contribution is 2.26. The monoisotopic (exact) mass is 271 g/mol. The van der Waals surface area contributed by atoms with Crippen LogP contribution in [0, 0.1) is 0 Å². The van der Waals surface area contributed by atoms with E-state index in [4.69, 9.17) is 5.73 Å². The smallest absolute Gasteiger partial charge is 0.0947 e. The Labute approximate surface area is 94.7 Å². The molecule has 0 saturated heterocycles. The van der Waals surface area contributed by atoms with Crippen molar-refractivity contribution in [1.82, 2.24) is 9.55 Å². The quantitative estimate of drug-likeness (QED) is 0.911. The third kappa shape index (κ3) is 1.89. The zero-order chi connectivity index (χ0) is 10.1. The summed E-state index contributed by atoms with van der Waals surface area (Å²) >= 11 is 5.05. The van der Waals surface area contributed by atoms with Crippen LogP contribution in [0.2, 0.25) is 0 Å². The number of hydrogen-bond acceptors (Lipinski definition) is 3. The molecule has 0 fully saturated rings. The lowest BCUT2D eigenvalue weighted by molar-refractivity contribution is 0.838. The minimum absolute atomic E-state index is 0.126. The van der Waals surface area contributed by atoms with Crippen LogP contribution in [0.5, 0.6) is 0 Å². The molecule has 2 rings (SSSR count). The van der Waals surface area contributed by atoms with Gasteiger partial charge in [0.2, 0.25) is 0 Å². The molecule has 14 heavy (non-hydrogen) atoms. The van der Waals surface area contributed by atoms with Gasteiger partial charge in [0.1, 0.15) is 0 Å². The van der Waals surface area contributed by atoms with Crippen molar-refractivity contribution in [2.75, 3.05) is 0 Å². The Morgan fingerprint density at radius 3 is 2.93 bits per heavy atom. The number of aromatic nitrogens is 2. The maximum Gasteiger partial charge on any atom is 0.0947 e. The van der Waals surface area contributed by atoms with Crippen molar-refractivity contribution < 1.29 is 0 Å². The van der Waals surface area contributed by atoms with Gasteiger partial charge in [-0.2, -0.15) is 0 Å². The molecule has 0 aliphatic heterocycles. The maximum atomic E-state index is 6.05. The summed E-state index contributed by atoms with van der Waals surface area (Å²) in [5.74, 6) is 0. The molecule has 1 atom stereocenters. The van der Waals surface area contributed by atoms with Gasteiger partial charge < -0.3 is 10.3 Å². The number of hydrogen-bond donors (Lipinski definition) is 1. The predicted octanol–water partition coefficient (Wildman–Crippen LogP) is 2.29. The number of aryl methyl sites for hydroxylation is 1. The molecule has 0 aromatic carbocycles. The van der Waals surface area contributed by atoms with E-state index >= 15 is 0 Å². The predicted molar refractivity (Wildman–Crippen MR) is 61.3 cm³/mol. The molecular formula is C9H10BrN3S. The van der Waals surface area contributed by atoms with E-state index in [0.29, 0.717) is 0 Å². The van der Waals surface area contributed by atoms with E-state index in [-0.39, 0.29) is 6.04 Å². The molecule has 0 bridgehead atoms. The maximum absolute atomic E-state index is 6.05. The summed E-state index contributed by atoms with van der Waals surface area (Å²) in [7, 11) is 1.94. The first-order chi connectivity index (χ1) is 6.66. The zero-order valence-corrected chi connectivity index (χ0v) is 10.0. The Morgan fingerprint density at radius 2 is 2.43 bits per heavy atom. The van der Waals surface area contributed by atoms with E-state index in [1.54, 1.807) is 17.7 Å². The van der Waals surface area contributed by atoms with E-state index in [9.17, 15) is 0 Å². The van der Waals surface area contributed by atoms with Crippen molar-refractivity contribution >= 4 is 27.3 Å². The van der Waals surface area contributed by atoms with Crippen LogP contribution in [0.4, 0.5) is 0 Å². The van der Waals surface area contributed by atoms with E-state index in [2.05, 4.69) is 20.9 Å². The third-order valence-electron chi connectivity index (χ3n) is 1.99. The molecule has 2 aromatic rings. The SMILES string of the molecule is Cn1cnc(C(N)c2csc(Br)c2)c1. The first kappa shape index (κ1) is 9.89. The van der Waals surface area contributed by atoms with Gasteiger partial charge in [-0.15, -0.1) is 11.3 Å². The molecule has 0 radical (unpaired) electrons. The normalized spacial score (nSPS) is 13.1. The van der Waals surface area contributed by atoms with Crippen LogP contribution in [0.25, 0.3) is 0 Å². The van der Waals surface area contributed by atoms with Gasteiger partial charge in [0, 0.05) is 13.2 Å². The van der Waals surface area contributed by atoms with Crippen molar-refractivity contribution in [1.29, 1.82) is 0 Å². The van der Waals surface area contributed by atoms with Gasteiger partial charge in [0.05, 0.1) is 21.8 Å². The number of nitrogens with two attached hydrogens (primary N) is 1. The highest BCUT2D eigenvalue weighted by atomic mass is 79.9. The zero-order valence-electron chi connectivity index (χ0n) is 7.64. The van der Waals surface area contributed by atoms with E-state index in [0.717, 1.165) is 15.0 Å². The number of halogens is 1. The van der Waals surface area contributed by atoms with Gasteiger partial charge in [-0.3, -0.25) is 0 Å². The summed E-state index contributed by atoms with van der Waals surface area (Å²) in [4.78, 5) is 4.23. The van der Waals surface area contributed by atoms with Crippen LogP contribution >= 0.6 is 27.3 Å². The summed E-state index contributed by atoms with van der Waals surface area (Å²) in [6.45, 7) is 0. The molecule has 2 N–H and O–H groups in total. The minimum atomic E-state index is -0.126. The lowest BCUT2D eigenvalue weighted by atomic mass is 10.1. The first-order valence-corrected chi connectivity index (χ1v) is 5.81. The van der Waals surface area contributed by atoms with Gasteiger partial charge in [-0.25, -0.2) is 4.98 Å². The van der Waals surface area contributed by atoms with Crippen molar-refractivity contribution in [3.63, 3.8) is 0 Å². The van der Waals surface area contributed by atoms with Crippen molar-refractivity contribution in [2.24, 2.45) is 12.8 Å². The lowest BCUT2D eigenvalue weighted by Crippen LogP contribution is -2.11. The summed E-state index contributed by atoms with van der Waals surface area (Å²) in [6, 6.07) is 1.91. The molecule has 1 unspecified atom stereocenters. The molecule has 2 aromatic heterocycles. The molecule has 0 aliphatic carbocycles. The molecule has 0 spiro atoms. The van der Waals surface area contributed by atoms with E-state index in [1.807, 2.05) is 29.3 Å². The number of imidazole rings is 1. The number of nitrogens with zero attached hydrogens (tertiary/aromatic N) is 2. The summed E-state index contributed by atoms with van der Waals surface area (Å²) in [6.07, 6.45) is 3.70. The van der Waals surface area contributed by atoms with Gasteiger partial charge in [0.25, 0.3) is 0 Å². The van der Waals surface area contributed by atoms with Crippen LogP contribution in [0.1, 0.15) is 17.3 Å². The van der Waals surface area contributed by atoms with Crippen LogP contribution in [-0.4, -0.2) is 9.55 Å². The minimum Gasteiger partial charge on any atom is -0.340 e. The fraction of sp³-hybridized carbons (Fsp3) is 0.222. The second-order valence-electron chi connectivity index (χ2n) is 3.13. The molecule has 3 nitrogen and oxygen atoms in total. The average molecular weight is 272 g/mol. The van der Waals surface area contributed by atoms with E-state index in [1.165, 1.54) is 0 Å². The van der Waals surface area contributed by atoms with Crippen LogP contribution in [0.15, 0.2) is 27.8 Å². The van der Waals surface area contributed by atoms with Crippen LogP contribution in [-0.2, 0) is 7.05 Å². The molecule has 5 heteroatoms. The van der Waals surface area contributed by atoms with Gasteiger partial charge in [-0.1, -0.05) is 0 Å². The number of rotatable bonds is 2. The summed E-state index contributed by atoms with van der Waals surface area (Å²) < 4.78 is 3.00. The Kier molecular flexibility index (Phi) is 2.71. The van der Waals surface area contributed by atoms with Crippen molar-refractivity contribution in [3.8, 4) is 0 Å². The Morgan fingerprint density at radius 1 is 1.64 bits per heavy atom. The topological polar surface area (TPSA) is 43.8 Å². The third-order valence-corrected chi connectivity index (χ3v) is 3.51. The average Bonchev–Trinajstić information content (AvgIpc) is 2.73. The fourth-order valence-electron chi connectivity index (χ4n) is 1.25. The molecule has 0 saturated carbocycles. The first-order valence-electron chi connectivity index (χ1n) is 4.14. The van der Waals surface area contributed by atoms with Gasteiger partial charge in [0.15, 0.2) is 0 Å². The highest BCUT2D eigenvalue weighted by Gasteiger charge is 2.12. The van der Waals surface area contributed by atoms with Crippen LogP contribution < -0.4 is 5.73 Å². The Hall–Kier alpha value is -0.650. The Balaban J connectivity index is 2.28. The summed E-state index contributed by atoms with van der Waals surface area (Å²) in [5.41, 5.74) is 8.05. The lowest BCUT2D eigenvalue weighted by Gasteiger charge is -2.05. The molecule has 2 heterocycles. The second kappa shape index (κ2) is 3.84. The summed E-state index contributed by atoms with van der Waals surface area (Å²) in [5, 5.41) is 2.05. The number of thiophene rings is 1. The second-order valence-corrected chi connectivity index (χ2v) is 5.42. The van der Waals surface area contributed by atoms with E-state index < -0.39 is 0 Å². The van der Waals surface area contributed by atoms with Crippen LogP contribution in [0.3, 0.4) is 0 Å². The van der Waals surface area contributed by atoms with Gasteiger partial charge in [-0.05, 0) is 32.9 Å².